The van der Waals surface area contributed by atoms with Gasteiger partial charge in [-0.05, 0) is 17.9 Å². The Morgan fingerprint density at radius 3 is 2.82 bits per heavy atom. The van der Waals surface area contributed by atoms with E-state index in [2.05, 4.69) is 6.07 Å². The highest BCUT2D eigenvalue weighted by Crippen LogP contribution is 2.13. The molecule has 1 rings (SSSR count). The SMILES string of the molecule is CSCc1ccccc1C#N. The maximum Gasteiger partial charge on any atom is 0.0994 e. The molecule has 0 amide bonds. The molecule has 1 aromatic rings. The molecule has 0 atom stereocenters. The van der Waals surface area contributed by atoms with Gasteiger partial charge in [-0.1, -0.05) is 18.2 Å². The number of hydrogen-bond donors (Lipinski definition) is 0. The second-order valence-electron chi connectivity index (χ2n) is 2.20. The van der Waals surface area contributed by atoms with E-state index in [0.29, 0.717) is 0 Å². The highest BCUT2D eigenvalue weighted by Gasteiger charge is 1.97. The Balaban J connectivity index is 2.95. The summed E-state index contributed by atoms with van der Waals surface area (Å²) in [6.45, 7) is 0. The van der Waals surface area contributed by atoms with Crippen molar-refractivity contribution < 1.29 is 0 Å². The zero-order valence-corrected chi connectivity index (χ0v) is 7.19. The monoisotopic (exact) mass is 163 g/mol. The number of nitrogens with zero attached hydrogens (tertiary/aromatic N) is 1. The molecule has 0 unspecified atom stereocenters. The molecule has 0 N–H and O–H groups in total. The predicted octanol–water partition coefficient (Wildman–Crippen LogP) is 2.42. The standard InChI is InChI=1S/C9H9NS/c1-11-7-9-5-3-2-4-8(9)6-10/h2-5H,7H2,1H3. The molecule has 0 saturated carbocycles. The highest BCUT2D eigenvalue weighted by atomic mass is 32.2. The maximum atomic E-state index is 8.69. The lowest BCUT2D eigenvalue weighted by molar-refractivity contribution is 1.36. The van der Waals surface area contributed by atoms with E-state index in [1.807, 2.05) is 30.5 Å². The van der Waals surface area contributed by atoms with Gasteiger partial charge in [-0.2, -0.15) is 17.0 Å². The van der Waals surface area contributed by atoms with Crippen molar-refractivity contribution in [1.82, 2.24) is 0 Å². The van der Waals surface area contributed by atoms with Crippen molar-refractivity contribution in [2.75, 3.05) is 6.26 Å². The molecule has 0 heterocycles. The van der Waals surface area contributed by atoms with E-state index in [-0.39, 0.29) is 0 Å². The van der Waals surface area contributed by atoms with Gasteiger partial charge in [-0.3, -0.25) is 0 Å². The first-order valence-corrected chi connectivity index (χ1v) is 4.75. The quantitative estimate of drug-likeness (QED) is 0.668. The van der Waals surface area contributed by atoms with Crippen molar-refractivity contribution in [3.05, 3.63) is 35.4 Å². The van der Waals surface area contributed by atoms with Gasteiger partial charge >= 0.3 is 0 Å². The molecule has 0 aliphatic carbocycles. The molecule has 1 nitrogen and oxygen atoms in total. The fourth-order valence-corrected chi connectivity index (χ4v) is 1.47. The zero-order valence-electron chi connectivity index (χ0n) is 6.37. The third-order valence-corrected chi connectivity index (χ3v) is 2.04. The lowest BCUT2D eigenvalue weighted by Gasteiger charge is -1.98. The van der Waals surface area contributed by atoms with Gasteiger partial charge in [0, 0.05) is 5.75 Å². The average molecular weight is 163 g/mol. The molecule has 1 aromatic carbocycles. The fraction of sp³-hybridized carbons (Fsp3) is 0.222. The molecule has 0 radical (unpaired) electrons. The van der Waals surface area contributed by atoms with E-state index in [4.69, 9.17) is 5.26 Å². The highest BCUT2D eigenvalue weighted by molar-refractivity contribution is 7.97. The maximum absolute atomic E-state index is 8.69. The summed E-state index contributed by atoms with van der Waals surface area (Å²) in [5, 5.41) is 8.69. The molecule has 0 aliphatic heterocycles. The Bertz CT molecular complexity index is 275. The lowest BCUT2D eigenvalue weighted by atomic mass is 10.1. The number of benzene rings is 1. The Labute approximate surface area is 71.0 Å². The van der Waals surface area contributed by atoms with Gasteiger partial charge in [0.05, 0.1) is 11.6 Å². The Kier molecular flexibility index (Phi) is 3.00. The molecular weight excluding hydrogens is 154 g/mol. The minimum Gasteiger partial charge on any atom is -0.192 e. The van der Waals surface area contributed by atoms with E-state index < -0.39 is 0 Å². The van der Waals surface area contributed by atoms with Gasteiger partial charge in [0.15, 0.2) is 0 Å². The zero-order chi connectivity index (χ0) is 8.10. The smallest absolute Gasteiger partial charge is 0.0994 e. The molecule has 0 bridgehead atoms. The molecule has 56 valence electrons. The van der Waals surface area contributed by atoms with Crippen LogP contribution in [0.15, 0.2) is 24.3 Å². The first-order valence-electron chi connectivity index (χ1n) is 3.35. The summed E-state index contributed by atoms with van der Waals surface area (Å²) in [7, 11) is 0. The summed E-state index contributed by atoms with van der Waals surface area (Å²) >= 11 is 1.73. The molecular formula is C9H9NS. The van der Waals surface area contributed by atoms with Crippen molar-refractivity contribution in [1.29, 1.82) is 5.26 Å². The molecule has 0 spiro atoms. The van der Waals surface area contributed by atoms with Crippen LogP contribution >= 0.6 is 11.8 Å². The topological polar surface area (TPSA) is 23.8 Å². The van der Waals surface area contributed by atoms with Crippen LogP contribution in [0.25, 0.3) is 0 Å². The fourth-order valence-electron chi connectivity index (χ4n) is 0.911. The van der Waals surface area contributed by atoms with Crippen LogP contribution in [-0.4, -0.2) is 6.26 Å². The van der Waals surface area contributed by atoms with Crippen LogP contribution in [0.3, 0.4) is 0 Å². The predicted molar refractivity (Wildman–Crippen MR) is 48.4 cm³/mol. The number of rotatable bonds is 2. The van der Waals surface area contributed by atoms with E-state index in [1.54, 1.807) is 11.8 Å². The van der Waals surface area contributed by atoms with Crippen molar-refractivity contribution in [3.63, 3.8) is 0 Å². The van der Waals surface area contributed by atoms with E-state index >= 15 is 0 Å². The van der Waals surface area contributed by atoms with Gasteiger partial charge in [0.1, 0.15) is 0 Å². The second kappa shape index (κ2) is 4.05. The lowest BCUT2D eigenvalue weighted by Crippen LogP contribution is -1.84. The van der Waals surface area contributed by atoms with Crippen molar-refractivity contribution in [2.45, 2.75) is 5.75 Å². The summed E-state index contributed by atoms with van der Waals surface area (Å²) < 4.78 is 0. The van der Waals surface area contributed by atoms with Gasteiger partial charge in [-0.15, -0.1) is 0 Å². The minimum absolute atomic E-state index is 0.793. The van der Waals surface area contributed by atoms with Crippen LogP contribution in [-0.2, 0) is 5.75 Å². The van der Waals surface area contributed by atoms with Crippen LogP contribution in [0, 0.1) is 11.3 Å². The van der Waals surface area contributed by atoms with Crippen LogP contribution in [0.5, 0.6) is 0 Å². The molecule has 2 heteroatoms. The van der Waals surface area contributed by atoms with Gasteiger partial charge in [0.25, 0.3) is 0 Å². The van der Waals surface area contributed by atoms with Crippen molar-refractivity contribution >= 4 is 11.8 Å². The van der Waals surface area contributed by atoms with Crippen LogP contribution < -0.4 is 0 Å². The van der Waals surface area contributed by atoms with Crippen molar-refractivity contribution in [3.8, 4) is 6.07 Å². The first kappa shape index (κ1) is 8.16. The normalized spacial score (nSPS) is 9.09. The van der Waals surface area contributed by atoms with Gasteiger partial charge in [0.2, 0.25) is 0 Å². The number of nitriles is 1. The third kappa shape index (κ3) is 1.99. The summed E-state index contributed by atoms with van der Waals surface area (Å²) in [5.74, 6) is 0.920. The summed E-state index contributed by atoms with van der Waals surface area (Å²) in [5.41, 5.74) is 1.92. The van der Waals surface area contributed by atoms with Crippen LogP contribution in [0.4, 0.5) is 0 Å². The van der Waals surface area contributed by atoms with Gasteiger partial charge < -0.3 is 0 Å². The summed E-state index contributed by atoms with van der Waals surface area (Å²) in [4.78, 5) is 0. The van der Waals surface area contributed by atoms with Crippen molar-refractivity contribution in [2.24, 2.45) is 0 Å². The largest absolute Gasteiger partial charge is 0.192 e. The second-order valence-corrected chi connectivity index (χ2v) is 3.07. The molecule has 0 aliphatic rings. The summed E-state index contributed by atoms with van der Waals surface area (Å²) in [6, 6.07) is 9.87. The average Bonchev–Trinajstić information content (AvgIpc) is 2.06. The molecule has 0 fully saturated rings. The van der Waals surface area contributed by atoms with E-state index in [1.165, 1.54) is 0 Å². The minimum atomic E-state index is 0.793. The molecule has 0 saturated heterocycles. The van der Waals surface area contributed by atoms with E-state index in [0.717, 1.165) is 16.9 Å². The third-order valence-electron chi connectivity index (χ3n) is 1.44. The van der Waals surface area contributed by atoms with E-state index in [9.17, 15) is 0 Å². The number of hydrogen-bond acceptors (Lipinski definition) is 2. The van der Waals surface area contributed by atoms with Crippen LogP contribution in [0.1, 0.15) is 11.1 Å². The molecule has 0 aromatic heterocycles. The van der Waals surface area contributed by atoms with Gasteiger partial charge in [-0.25, -0.2) is 0 Å². The summed E-state index contributed by atoms with van der Waals surface area (Å²) in [6.07, 6.45) is 2.04. The number of thioether (sulfide) groups is 1. The Hall–Kier alpha value is -0.940. The van der Waals surface area contributed by atoms with Crippen LogP contribution in [0.2, 0.25) is 0 Å². The Morgan fingerprint density at radius 2 is 2.18 bits per heavy atom. The molecule has 11 heavy (non-hydrogen) atoms. The Morgan fingerprint density at radius 1 is 1.45 bits per heavy atom. The first-order chi connectivity index (χ1) is 5.38.